The van der Waals surface area contributed by atoms with Crippen molar-refractivity contribution in [3.05, 3.63) is 45.8 Å². The number of ketones is 1. The summed E-state index contributed by atoms with van der Waals surface area (Å²) < 4.78 is 0. The van der Waals surface area contributed by atoms with Gasteiger partial charge in [0.1, 0.15) is 4.83 Å². The molecule has 7 rings (SSSR count). The number of hydrogen-bond acceptors (Lipinski definition) is 6. The number of nitrogens with one attached hydrogen (secondary N) is 1. The van der Waals surface area contributed by atoms with Gasteiger partial charge in [0.05, 0.1) is 23.2 Å². The molecule has 8 heteroatoms. The van der Waals surface area contributed by atoms with Gasteiger partial charge in [-0.1, -0.05) is 17.2 Å². The molecule has 242 valence electrons. The van der Waals surface area contributed by atoms with Gasteiger partial charge in [0.25, 0.3) is 0 Å². The van der Waals surface area contributed by atoms with E-state index in [1.807, 2.05) is 0 Å². The second-order valence-corrected chi connectivity index (χ2v) is 15.9. The van der Waals surface area contributed by atoms with Gasteiger partial charge in [-0.15, -0.1) is 11.3 Å². The summed E-state index contributed by atoms with van der Waals surface area (Å²) in [5.74, 6) is 1.24. The molecule has 4 aliphatic rings. The quantitative estimate of drug-likeness (QED) is 0.333. The van der Waals surface area contributed by atoms with Gasteiger partial charge in [-0.05, 0) is 115 Å². The van der Waals surface area contributed by atoms with E-state index in [0.717, 1.165) is 78.2 Å². The second kappa shape index (κ2) is 12.3. The van der Waals surface area contributed by atoms with Crippen molar-refractivity contribution >= 4 is 33.2 Å². The fourth-order valence-electron chi connectivity index (χ4n) is 8.65. The molecular formula is C37H51N5O2S. The van der Waals surface area contributed by atoms with E-state index in [0.29, 0.717) is 17.6 Å². The van der Waals surface area contributed by atoms with Gasteiger partial charge in [-0.25, -0.2) is 0 Å². The number of rotatable bonds is 9. The third kappa shape index (κ3) is 5.81. The van der Waals surface area contributed by atoms with Crippen LogP contribution in [0.1, 0.15) is 68.0 Å². The minimum atomic E-state index is -0.503. The van der Waals surface area contributed by atoms with Gasteiger partial charge in [-0.3, -0.25) is 19.4 Å². The Kier molecular flexibility index (Phi) is 8.47. The van der Waals surface area contributed by atoms with Crippen LogP contribution in [-0.4, -0.2) is 107 Å². The molecule has 7 nitrogen and oxygen atoms in total. The first kappa shape index (κ1) is 31.1. The van der Waals surface area contributed by atoms with E-state index in [-0.39, 0.29) is 12.1 Å². The van der Waals surface area contributed by atoms with Crippen LogP contribution in [0.15, 0.2) is 24.3 Å². The van der Waals surface area contributed by atoms with Crippen LogP contribution < -0.4 is 0 Å². The van der Waals surface area contributed by atoms with Gasteiger partial charge in [0.15, 0.2) is 5.78 Å². The Morgan fingerprint density at radius 1 is 0.933 bits per heavy atom. The molecule has 1 amide bonds. The zero-order chi connectivity index (χ0) is 31.5. The molecule has 0 aliphatic carbocycles. The molecule has 0 spiro atoms. The Morgan fingerprint density at radius 3 is 2.22 bits per heavy atom. The number of nitrogens with zero attached hydrogens (tertiary/aromatic N) is 4. The molecule has 2 atom stereocenters. The summed E-state index contributed by atoms with van der Waals surface area (Å²) in [6, 6.07) is 9.23. The Bertz CT molecular complexity index is 1530. The first-order valence-electron chi connectivity index (χ1n) is 17.4. The Morgan fingerprint density at radius 2 is 1.60 bits per heavy atom. The number of benzene rings is 1. The number of aryl methyl sites for hydroxylation is 2. The van der Waals surface area contributed by atoms with Crippen molar-refractivity contribution in [2.24, 2.45) is 5.92 Å². The van der Waals surface area contributed by atoms with Gasteiger partial charge in [0.2, 0.25) is 5.91 Å². The number of Topliss-reactive ketones (excluding diaryl/α,β-unsaturated/α-hetero) is 1. The zero-order valence-electron chi connectivity index (χ0n) is 28.0. The highest BCUT2D eigenvalue weighted by atomic mass is 32.1. The standard InChI is InChI=1S/C37H51N5O2S/c1-24-20-25(2)22-28(21-24)32-29(10-13-39-16-18-40(19-17-39)26(3)36(44)42-11-6-7-12-42)30-23-31(45-35(30)38-32)37(4,5)34(43)33-27-8-14-41(33)15-9-27/h20-23,26-27,33,38H,6-19H2,1-5H3. The lowest BCUT2D eigenvalue weighted by Crippen LogP contribution is -2.54. The number of piperidine rings is 1. The molecule has 1 aromatic carbocycles. The van der Waals surface area contributed by atoms with E-state index in [9.17, 15) is 9.59 Å². The lowest BCUT2D eigenvalue weighted by atomic mass is 9.79. The molecule has 6 heterocycles. The number of aromatic nitrogens is 1. The topological polar surface area (TPSA) is 62.9 Å². The number of carbonyl (C=O) groups excluding carboxylic acids is 2. The molecule has 0 radical (unpaired) electrons. The van der Waals surface area contributed by atoms with Crippen LogP contribution in [-0.2, 0) is 21.4 Å². The number of thiophene rings is 1. The number of hydrogen-bond donors (Lipinski definition) is 1. The third-order valence-electron chi connectivity index (χ3n) is 11.4. The summed E-state index contributed by atoms with van der Waals surface area (Å²) in [4.78, 5) is 42.7. The van der Waals surface area contributed by atoms with Gasteiger partial charge in [-0.2, -0.15) is 0 Å². The van der Waals surface area contributed by atoms with Crippen molar-refractivity contribution in [3.63, 3.8) is 0 Å². The average molecular weight is 630 g/mol. The fourth-order valence-corrected chi connectivity index (χ4v) is 9.85. The van der Waals surface area contributed by atoms with Gasteiger partial charge >= 0.3 is 0 Å². The number of amides is 1. The maximum Gasteiger partial charge on any atom is 0.239 e. The van der Waals surface area contributed by atoms with Crippen molar-refractivity contribution < 1.29 is 9.59 Å². The number of likely N-dealkylation sites (tertiary alicyclic amines) is 1. The normalized spacial score (nSPS) is 25.1. The number of fused-ring (bicyclic) bond motifs is 3. The van der Waals surface area contributed by atoms with E-state index in [1.165, 1.54) is 55.9 Å². The minimum absolute atomic E-state index is 0.0303. The van der Waals surface area contributed by atoms with Crippen LogP contribution in [0.5, 0.6) is 0 Å². The SMILES string of the molecule is Cc1cc(C)cc(-c2[nH]c3sc(C(C)(C)C(=O)C4C5CCN4CC5)cc3c2CCN2CCN(C(C)C(=O)N3CCCC3)CC2)c1. The Hall–Kier alpha value is -2.52. The predicted molar refractivity (Wildman–Crippen MR) is 184 cm³/mol. The highest BCUT2D eigenvalue weighted by Crippen LogP contribution is 2.44. The Labute approximate surface area is 272 Å². The molecule has 45 heavy (non-hydrogen) atoms. The van der Waals surface area contributed by atoms with E-state index in [1.54, 1.807) is 11.3 Å². The molecule has 1 N–H and O–H groups in total. The molecule has 2 aromatic heterocycles. The highest BCUT2D eigenvalue weighted by molar-refractivity contribution is 7.19. The lowest BCUT2D eigenvalue weighted by molar-refractivity contribution is -0.136. The predicted octanol–water partition coefficient (Wildman–Crippen LogP) is 5.63. The summed E-state index contributed by atoms with van der Waals surface area (Å²) in [7, 11) is 0. The van der Waals surface area contributed by atoms with E-state index in [4.69, 9.17) is 0 Å². The number of aromatic amines is 1. The zero-order valence-corrected chi connectivity index (χ0v) is 28.8. The van der Waals surface area contributed by atoms with Crippen LogP contribution in [0.4, 0.5) is 0 Å². The van der Waals surface area contributed by atoms with Crippen LogP contribution in [0.2, 0.25) is 0 Å². The summed E-state index contributed by atoms with van der Waals surface area (Å²) in [6.07, 6.45) is 5.57. The van der Waals surface area contributed by atoms with Crippen LogP contribution in [0, 0.1) is 19.8 Å². The van der Waals surface area contributed by atoms with E-state index >= 15 is 0 Å². The highest BCUT2D eigenvalue weighted by Gasteiger charge is 2.49. The molecule has 4 saturated heterocycles. The largest absolute Gasteiger partial charge is 0.346 e. The molecule has 2 bridgehead atoms. The van der Waals surface area contributed by atoms with Crippen molar-refractivity contribution in [1.29, 1.82) is 0 Å². The second-order valence-electron chi connectivity index (χ2n) is 14.9. The average Bonchev–Trinajstić information content (AvgIpc) is 3.86. The number of piperazine rings is 1. The van der Waals surface area contributed by atoms with Crippen molar-refractivity contribution in [2.45, 2.75) is 84.2 Å². The molecule has 4 aliphatic heterocycles. The third-order valence-corrected chi connectivity index (χ3v) is 12.8. The molecule has 3 aromatic rings. The Balaban J connectivity index is 1.11. The maximum atomic E-state index is 14.0. The van der Waals surface area contributed by atoms with Crippen molar-refractivity contribution in [3.8, 4) is 11.3 Å². The van der Waals surface area contributed by atoms with E-state index in [2.05, 4.69) is 83.5 Å². The first-order chi connectivity index (χ1) is 21.6. The van der Waals surface area contributed by atoms with Crippen LogP contribution in [0.25, 0.3) is 21.5 Å². The molecule has 2 unspecified atom stereocenters. The molecular weight excluding hydrogens is 579 g/mol. The summed E-state index contributed by atoms with van der Waals surface area (Å²) in [6.45, 7) is 19.6. The minimum Gasteiger partial charge on any atom is -0.346 e. The van der Waals surface area contributed by atoms with Crippen LogP contribution >= 0.6 is 11.3 Å². The van der Waals surface area contributed by atoms with Crippen molar-refractivity contribution in [2.75, 3.05) is 58.9 Å². The summed E-state index contributed by atoms with van der Waals surface area (Å²) >= 11 is 1.78. The lowest BCUT2D eigenvalue weighted by Gasteiger charge is -2.38. The summed E-state index contributed by atoms with van der Waals surface area (Å²) in [5, 5.41) is 1.28. The number of carbonyl (C=O) groups is 2. The van der Waals surface area contributed by atoms with Gasteiger partial charge in [0, 0.05) is 56.1 Å². The van der Waals surface area contributed by atoms with E-state index < -0.39 is 5.41 Å². The summed E-state index contributed by atoms with van der Waals surface area (Å²) in [5.41, 5.74) is 5.88. The van der Waals surface area contributed by atoms with Crippen molar-refractivity contribution in [1.82, 2.24) is 24.6 Å². The number of H-pyrrole nitrogens is 1. The van der Waals surface area contributed by atoms with Crippen LogP contribution in [0.3, 0.4) is 0 Å². The molecule has 0 saturated carbocycles. The van der Waals surface area contributed by atoms with Gasteiger partial charge < -0.3 is 14.8 Å². The smallest absolute Gasteiger partial charge is 0.239 e. The monoisotopic (exact) mass is 629 g/mol. The maximum absolute atomic E-state index is 14.0. The first-order valence-corrected chi connectivity index (χ1v) is 18.2. The molecule has 4 fully saturated rings. The fraction of sp³-hybridized carbons (Fsp3) is 0.622.